The van der Waals surface area contributed by atoms with Crippen molar-refractivity contribution in [3.05, 3.63) is 69.7 Å². The van der Waals surface area contributed by atoms with Crippen molar-refractivity contribution in [2.45, 2.75) is 25.2 Å². The lowest BCUT2D eigenvalue weighted by atomic mass is 9.93. The van der Waals surface area contributed by atoms with Gasteiger partial charge in [-0.15, -0.1) is 0 Å². The molecule has 2 aromatic carbocycles. The molecular formula is C17H15BrO. The third-order valence-electron chi connectivity index (χ3n) is 3.81. The van der Waals surface area contributed by atoms with E-state index < -0.39 is 0 Å². The Balaban J connectivity index is 1.77. The lowest BCUT2D eigenvalue weighted by Crippen LogP contribution is -2.12. The van der Waals surface area contributed by atoms with E-state index in [0.29, 0.717) is 12.2 Å². The number of halogens is 1. The van der Waals surface area contributed by atoms with E-state index in [-0.39, 0.29) is 5.92 Å². The first-order valence-electron chi connectivity index (χ1n) is 6.59. The number of fused-ring (bicyclic) bond motifs is 1. The molecule has 1 nitrogen and oxygen atoms in total. The number of Topliss-reactive ketones (excluding diaryl/α,β-unsaturated/α-hetero) is 1. The van der Waals surface area contributed by atoms with Crippen LogP contribution in [0.3, 0.4) is 0 Å². The van der Waals surface area contributed by atoms with Crippen LogP contribution < -0.4 is 0 Å². The van der Waals surface area contributed by atoms with Gasteiger partial charge in [-0.2, -0.15) is 0 Å². The van der Waals surface area contributed by atoms with Crippen molar-refractivity contribution in [3.63, 3.8) is 0 Å². The van der Waals surface area contributed by atoms with Gasteiger partial charge in [-0.1, -0.05) is 52.3 Å². The number of carbonyl (C=O) groups excluding carboxylic acids is 1. The second-order valence-corrected chi connectivity index (χ2v) is 5.98. The SMILES string of the molecule is O=C(Cc1ccc(Br)cc1)C1CCc2ccccc21. The van der Waals surface area contributed by atoms with E-state index in [4.69, 9.17) is 0 Å². The van der Waals surface area contributed by atoms with Crippen LogP contribution in [-0.4, -0.2) is 5.78 Å². The van der Waals surface area contributed by atoms with Gasteiger partial charge >= 0.3 is 0 Å². The van der Waals surface area contributed by atoms with Gasteiger partial charge in [0.25, 0.3) is 0 Å². The van der Waals surface area contributed by atoms with E-state index in [2.05, 4.69) is 34.1 Å². The van der Waals surface area contributed by atoms with Crippen LogP contribution in [0.4, 0.5) is 0 Å². The van der Waals surface area contributed by atoms with Gasteiger partial charge in [-0.3, -0.25) is 4.79 Å². The van der Waals surface area contributed by atoms with Crippen molar-refractivity contribution >= 4 is 21.7 Å². The largest absolute Gasteiger partial charge is 0.299 e. The minimum Gasteiger partial charge on any atom is -0.299 e. The molecule has 0 N–H and O–H groups in total. The molecule has 1 aliphatic carbocycles. The highest BCUT2D eigenvalue weighted by Gasteiger charge is 2.27. The molecule has 0 aliphatic heterocycles. The maximum absolute atomic E-state index is 12.5. The van der Waals surface area contributed by atoms with E-state index in [1.165, 1.54) is 11.1 Å². The molecule has 19 heavy (non-hydrogen) atoms. The number of hydrogen-bond donors (Lipinski definition) is 0. The van der Waals surface area contributed by atoms with Crippen molar-refractivity contribution in [1.82, 2.24) is 0 Å². The highest BCUT2D eigenvalue weighted by molar-refractivity contribution is 9.10. The van der Waals surface area contributed by atoms with Crippen LogP contribution in [0.1, 0.15) is 29.0 Å². The van der Waals surface area contributed by atoms with Crippen LogP contribution in [0.15, 0.2) is 53.0 Å². The van der Waals surface area contributed by atoms with Crippen LogP contribution >= 0.6 is 15.9 Å². The predicted octanol–water partition coefficient (Wildman–Crippen LogP) is 4.29. The lowest BCUT2D eigenvalue weighted by molar-refractivity contribution is -0.119. The molecule has 2 aromatic rings. The molecular weight excluding hydrogens is 300 g/mol. The molecule has 3 rings (SSSR count). The summed E-state index contributed by atoms with van der Waals surface area (Å²) < 4.78 is 1.05. The Bertz CT molecular complexity index is 601. The number of rotatable bonds is 3. The summed E-state index contributed by atoms with van der Waals surface area (Å²) in [7, 11) is 0. The summed E-state index contributed by atoms with van der Waals surface area (Å²) in [5.41, 5.74) is 3.68. The van der Waals surface area contributed by atoms with E-state index in [9.17, 15) is 4.79 Å². The second kappa shape index (κ2) is 5.30. The Morgan fingerprint density at radius 2 is 1.84 bits per heavy atom. The quantitative estimate of drug-likeness (QED) is 0.826. The molecule has 2 heteroatoms. The molecule has 0 radical (unpaired) electrons. The zero-order valence-corrected chi connectivity index (χ0v) is 12.2. The van der Waals surface area contributed by atoms with Crippen LogP contribution in [0.25, 0.3) is 0 Å². The standard InChI is InChI=1S/C17H15BrO/c18-14-8-5-12(6-9-14)11-17(19)16-10-7-13-3-1-2-4-15(13)16/h1-6,8-9,16H,7,10-11H2. The highest BCUT2D eigenvalue weighted by atomic mass is 79.9. The van der Waals surface area contributed by atoms with Crippen LogP contribution in [0.2, 0.25) is 0 Å². The number of carbonyl (C=O) groups is 1. The van der Waals surface area contributed by atoms with E-state index in [0.717, 1.165) is 22.9 Å². The highest BCUT2D eigenvalue weighted by Crippen LogP contribution is 2.34. The Hall–Kier alpha value is -1.41. The van der Waals surface area contributed by atoms with E-state index in [1.54, 1.807) is 0 Å². The molecule has 1 atom stereocenters. The number of aryl methyl sites for hydroxylation is 1. The summed E-state index contributed by atoms with van der Waals surface area (Å²) in [5, 5.41) is 0. The van der Waals surface area contributed by atoms with Gasteiger partial charge in [0.15, 0.2) is 0 Å². The summed E-state index contributed by atoms with van der Waals surface area (Å²) in [6, 6.07) is 16.3. The maximum atomic E-state index is 12.5. The van der Waals surface area contributed by atoms with Crippen molar-refractivity contribution in [2.24, 2.45) is 0 Å². The summed E-state index contributed by atoms with van der Waals surface area (Å²) in [4.78, 5) is 12.5. The molecule has 0 aromatic heterocycles. The average molecular weight is 315 g/mol. The fourth-order valence-electron chi connectivity index (χ4n) is 2.82. The van der Waals surface area contributed by atoms with Gasteiger partial charge in [0.2, 0.25) is 0 Å². The Kier molecular flexibility index (Phi) is 3.52. The summed E-state index contributed by atoms with van der Waals surface area (Å²) in [6.45, 7) is 0. The van der Waals surface area contributed by atoms with Crippen molar-refractivity contribution < 1.29 is 4.79 Å². The minimum atomic E-state index is 0.0971. The van der Waals surface area contributed by atoms with Crippen molar-refractivity contribution in [2.75, 3.05) is 0 Å². The molecule has 0 heterocycles. The first-order valence-corrected chi connectivity index (χ1v) is 7.38. The summed E-state index contributed by atoms with van der Waals surface area (Å²) in [6.07, 6.45) is 2.54. The van der Waals surface area contributed by atoms with Gasteiger partial charge in [0.05, 0.1) is 0 Å². The van der Waals surface area contributed by atoms with Gasteiger partial charge in [0, 0.05) is 16.8 Å². The van der Waals surface area contributed by atoms with Gasteiger partial charge in [-0.25, -0.2) is 0 Å². The third kappa shape index (κ3) is 2.64. The number of hydrogen-bond acceptors (Lipinski definition) is 1. The lowest BCUT2D eigenvalue weighted by Gasteiger charge is -2.10. The molecule has 96 valence electrons. The average Bonchev–Trinajstić information content (AvgIpc) is 2.85. The normalized spacial score (nSPS) is 17.2. The summed E-state index contributed by atoms with van der Waals surface area (Å²) >= 11 is 3.41. The molecule has 0 bridgehead atoms. The Morgan fingerprint density at radius 1 is 1.11 bits per heavy atom. The monoisotopic (exact) mass is 314 g/mol. The van der Waals surface area contributed by atoms with E-state index >= 15 is 0 Å². The third-order valence-corrected chi connectivity index (χ3v) is 4.34. The summed E-state index contributed by atoms with van der Waals surface area (Å²) in [5.74, 6) is 0.437. The molecule has 0 saturated carbocycles. The first kappa shape index (κ1) is 12.6. The zero-order chi connectivity index (χ0) is 13.2. The van der Waals surface area contributed by atoms with Crippen molar-refractivity contribution in [1.29, 1.82) is 0 Å². The van der Waals surface area contributed by atoms with Gasteiger partial charge < -0.3 is 0 Å². The van der Waals surface area contributed by atoms with Gasteiger partial charge in [-0.05, 0) is 41.7 Å². The maximum Gasteiger partial charge on any atom is 0.144 e. The van der Waals surface area contributed by atoms with E-state index in [1.807, 2.05) is 30.3 Å². The molecule has 0 fully saturated rings. The zero-order valence-electron chi connectivity index (χ0n) is 10.6. The van der Waals surface area contributed by atoms with Crippen molar-refractivity contribution in [3.8, 4) is 0 Å². The Labute approximate surface area is 121 Å². The van der Waals surface area contributed by atoms with Crippen LogP contribution in [0.5, 0.6) is 0 Å². The molecule has 0 amide bonds. The topological polar surface area (TPSA) is 17.1 Å². The van der Waals surface area contributed by atoms with Gasteiger partial charge in [0.1, 0.15) is 5.78 Å². The molecule has 1 aliphatic rings. The number of benzene rings is 2. The molecule has 1 unspecified atom stereocenters. The fraction of sp³-hybridized carbons (Fsp3) is 0.235. The van der Waals surface area contributed by atoms with Crippen LogP contribution in [0, 0.1) is 0 Å². The number of ketones is 1. The minimum absolute atomic E-state index is 0.0971. The smallest absolute Gasteiger partial charge is 0.144 e. The molecule has 0 spiro atoms. The van der Waals surface area contributed by atoms with Crippen LogP contribution in [-0.2, 0) is 17.6 Å². The fourth-order valence-corrected chi connectivity index (χ4v) is 3.08. The molecule has 0 saturated heterocycles. The predicted molar refractivity (Wildman–Crippen MR) is 80.4 cm³/mol. The second-order valence-electron chi connectivity index (χ2n) is 5.06. The Morgan fingerprint density at radius 3 is 2.63 bits per heavy atom. The first-order chi connectivity index (χ1) is 9.24.